The molecule has 0 spiro atoms. The van der Waals surface area contributed by atoms with E-state index in [1.807, 2.05) is 30.3 Å². The smallest absolute Gasteiger partial charge is 0.140 e. The molecule has 106 valence electrons. The number of aromatic nitrogens is 1. The van der Waals surface area contributed by atoms with Crippen molar-refractivity contribution in [1.29, 1.82) is 0 Å². The minimum Gasteiger partial charge on any atom is -0.486 e. The minimum absolute atomic E-state index is 0.510. The molecular weight excluding hydrogens is 298 g/mol. The molecule has 0 N–H and O–H groups in total. The van der Waals surface area contributed by atoms with Crippen LogP contribution < -0.4 is 4.74 Å². The number of benzene rings is 2. The van der Waals surface area contributed by atoms with E-state index in [0.29, 0.717) is 6.61 Å². The van der Waals surface area contributed by atoms with Gasteiger partial charge < -0.3 is 4.74 Å². The van der Waals surface area contributed by atoms with Gasteiger partial charge in [-0.3, -0.25) is 0 Å². The molecule has 0 bridgehead atoms. The lowest BCUT2D eigenvalue weighted by molar-refractivity contribution is 0.305. The second-order valence-electron chi connectivity index (χ2n) is 4.46. The standard InChI is InChI=1S/C17H15NOS2/c1-20-15-9-7-14(8-10-15)19-11-17-18-16(12-21-17)13-5-3-2-4-6-13/h2-10,12H,11H2,1H3. The van der Waals surface area contributed by atoms with Gasteiger partial charge in [-0.1, -0.05) is 30.3 Å². The largest absolute Gasteiger partial charge is 0.486 e. The van der Waals surface area contributed by atoms with E-state index in [1.165, 1.54) is 4.90 Å². The summed E-state index contributed by atoms with van der Waals surface area (Å²) in [4.78, 5) is 5.86. The summed E-state index contributed by atoms with van der Waals surface area (Å²) < 4.78 is 5.78. The minimum atomic E-state index is 0.510. The molecule has 2 nitrogen and oxygen atoms in total. The number of thioether (sulfide) groups is 1. The second kappa shape index (κ2) is 6.78. The SMILES string of the molecule is CSc1ccc(OCc2nc(-c3ccccc3)cs2)cc1. The number of thiazole rings is 1. The Morgan fingerprint density at radius 1 is 1.05 bits per heavy atom. The fourth-order valence-electron chi connectivity index (χ4n) is 1.94. The van der Waals surface area contributed by atoms with Gasteiger partial charge in [-0.05, 0) is 30.5 Å². The zero-order chi connectivity index (χ0) is 14.5. The van der Waals surface area contributed by atoms with E-state index in [9.17, 15) is 0 Å². The molecule has 0 unspecified atom stereocenters. The van der Waals surface area contributed by atoms with Crippen LogP contribution >= 0.6 is 23.1 Å². The lowest BCUT2D eigenvalue weighted by atomic mass is 10.2. The first-order chi connectivity index (χ1) is 10.3. The van der Waals surface area contributed by atoms with Crippen LogP contribution in [0.5, 0.6) is 5.75 Å². The van der Waals surface area contributed by atoms with Crippen molar-refractivity contribution in [1.82, 2.24) is 4.98 Å². The number of rotatable bonds is 5. The summed E-state index contributed by atoms with van der Waals surface area (Å²) in [6.07, 6.45) is 2.07. The molecule has 0 saturated carbocycles. The number of nitrogens with zero attached hydrogens (tertiary/aromatic N) is 1. The Kier molecular flexibility index (Phi) is 4.58. The van der Waals surface area contributed by atoms with Crippen LogP contribution in [-0.4, -0.2) is 11.2 Å². The molecule has 0 aliphatic carbocycles. The number of hydrogen-bond acceptors (Lipinski definition) is 4. The van der Waals surface area contributed by atoms with Crippen molar-refractivity contribution in [2.45, 2.75) is 11.5 Å². The van der Waals surface area contributed by atoms with Crippen molar-refractivity contribution in [3.63, 3.8) is 0 Å². The van der Waals surface area contributed by atoms with Crippen LogP contribution in [0.25, 0.3) is 11.3 Å². The fraction of sp³-hybridized carbons (Fsp3) is 0.118. The van der Waals surface area contributed by atoms with Crippen LogP contribution in [0.2, 0.25) is 0 Å². The molecule has 3 rings (SSSR count). The van der Waals surface area contributed by atoms with Crippen LogP contribution in [0.4, 0.5) is 0 Å². The molecule has 2 aromatic carbocycles. The molecule has 0 aliphatic heterocycles. The van der Waals surface area contributed by atoms with Crippen molar-refractivity contribution in [3.8, 4) is 17.0 Å². The molecule has 0 fully saturated rings. The quantitative estimate of drug-likeness (QED) is 0.611. The van der Waals surface area contributed by atoms with Gasteiger partial charge in [0.15, 0.2) is 0 Å². The molecule has 21 heavy (non-hydrogen) atoms. The Balaban J connectivity index is 1.64. The Morgan fingerprint density at radius 2 is 1.81 bits per heavy atom. The highest BCUT2D eigenvalue weighted by molar-refractivity contribution is 7.98. The number of ether oxygens (including phenoxy) is 1. The van der Waals surface area contributed by atoms with Gasteiger partial charge in [0.2, 0.25) is 0 Å². The molecule has 0 saturated heterocycles. The van der Waals surface area contributed by atoms with E-state index < -0.39 is 0 Å². The predicted molar refractivity (Wildman–Crippen MR) is 90.1 cm³/mol. The van der Waals surface area contributed by atoms with Gasteiger partial charge in [-0.15, -0.1) is 23.1 Å². The average molecular weight is 313 g/mol. The maximum Gasteiger partial charge on any atom is 0.140 e. The van der Waals surface area contributed by atoms with E-state index in [0.717, 1.165) is 22.0 Å². The van der Waals surface area contributed by atoms with Crippen LogP contribution in [0.3, 0.4) is 0 Å². The summed E-state index contributed by atoms with van der Waals surface area (Å²) in [5.74, 6) is 0.879. The van der Waals surface area contributed by atoms with Gasteiger partial charge in [0, 0.05) is 15.8 Å². The van der Waals surface area contributed by atoms with Crippen molar-refractivity contribution < 1.29 is 4.74 Å². The van der Waals surface area contributed by atoms with Crippen molar-refractivity contribution in [3.05, 3.63) is 65.0 Å². The van der Waals surface area contributed by atoms with E-state index in [4.69, 9.17) is 4.74 Å². The van der Waals surface area contributed by atoms with Gasteiger partial charge in [-0.2, -0.15) is 0 Å². The summed E-state index contributed by atoms with van der Waals surface area (Å²) in [5.41, 5.74) is 2.15. The van der Waals surface area contributed by atoms with Crippen LogP contribution in [0.15, 0.2) is 64.9 Å². The molecule has 1 heterocycles. The van der Waals surface area contributed by atoms with Crippen LogP contribution in [-0.2, 0) is 6.61 Å². The molecule has 1 aromatic heterocycles. The lowest BCUT2D eigenvalue weighted by Crippen LogP contribution is -1.94. The van der Waals surface area contributed by atoms with Crippen molar-refractivity contribution >= 4 is 23.1 Å². The summed E-state index contributed by atoms with van der Waals surface area (Å²) in [6, 6.07) is 18.3. The van der Waals surface area contributed by atoms with E-state index in [1.54, 1.807) is 23.1 Å². The molecule has 0 radical (unpaired) electrons. The predicted octanol–water partition coefficient (Wildman–Crippen LogP) is 5.11. The van der Waals surface area contributed by atoms with Gasteiger partial charge in [-0.25, -0.2) is 4.98 Å². The third-order valence-electron chi connectivity index (χ3n) is 3.04. The van der Waals surface area contributed by atoms with Crippen LogP contribution in [0, 0.1) is 0 Å². The summed E-state index contributed by atoms with van der Waals surface area (Å²) in [7, 11) is 0. The average Bonchev–Trinajstić information content (AvgIpc) is 3.03. The highest BCUT2D eigenvalue weighted by Crippen LogP contribution is 2.23. The maximum atomic E-state index is 5.78. The van der Waals surface area contributed by atoms with E-state index >= 15 is 0 Å². The van der Waals surface area contributed by atoms with Gasteiger partial charge >= 0.3 is 0 Å². The van der Waals surface area contributed by atoms with Gasteiger partial charge in [0.25, 0.3) is 0 Å². The fourth-order valence-corrected chi connectivity index (χ4v) is 3.06. The zero-order valence-corrected chi connectivity index (χ0v) is 13.3. The van der Waals surface area contributed by atoms with Gasteiger partial charge in [0.1, 0.15) is 17.4 Å². The van der Waals surface area contributed by atoms with Crippen molar-refractivity contribution in [2.75, 3.05) is 6.26 Å². The van der Waals surface area contributed by atoms with Gasteiger partial charge in [0.05, 0.1) is 5.69 Å². The van der Waals surface area contributed by atoms with E-state index in [-0.39, 0.29) is 0 Å². The van der Waals surface area contributed by atoms with Crippen LogP contribution in [0.1, 0.15) is 5.01 Å². The summed E-state index contributed by atoms with van der Waals surface area (Å²) in [5, 5.41) is 3.06. The Hall–Kier alpha value is -1.78. The Labute approximate surface area is 132 Å². The molecule has 0 atom stereocenters. The molecular formula is C17H15NOS2. The van der Waals surface area contributed by atoms with E-state index in [2.05, 4.69) is 40.9 Å². The molecule has 4 heteroatoms. The normalized spacial score (nSPS) is 10.5. The highest BCUT2D eigenvalue weighted by Gasteiger charge is 2.05. The third kappa shape index (κ3) is 3.65. The zero-order valence-electron chi connectivity index (χ0n) is 11.7. The lowest BCUT2D eigenvalue weighted by Gasteiger charge is -2.04. The highest BCUT2D eigenvalue weighted by atomic mass is 32.2. The summed E-state index contributed by atoms with van der Waals surface area (Å²) >= 11 is 3.36. The maximum absolute atomic E-state index is 5.78. The topological polar surface area (TPSA) is 22.1 Å². The van der Waals surface area contributed by atoms with Crippen molar-refractivity contribution in [2.24, 2.45) is 0 Å². The molecule has 0 amide bonds. The molecule has 0 aliphatic rings. The second-order valence-corrected chi connectivity index (χ2v) is 6.28. The molecule has 3 aromatic rings. The Bertz CT molecular complexity index is 692. The Morgan fingerprint density at radius 3 is 2.52 bits per heavy atom. The first kappa shape index (κ1) is 14.2. The first-order valence-electron chi connectivity index (χ1n) is 6.62. The monoisotopic (exact) mass is 313 g/mol. The summed E-state index contributed by atoms with van der Waals surface area (Å²) in [6.45, 7) is 0.510. The number of hydrogen-bond donors (Lipinski definition) is 0. The third-order valence-corrected chi connectivity index (χ3v) is 4.61. The first-order valence-corrected chi connectivity index (χ1v) is 8.72.